The van der Waals surface area contributed by atoms with Crippen LogP contribution in [0.2, 0.25) is 0 Å². The Morgan fingerprint density at radius 1 is 0.929 bits per heavy atom. The minimum absolute atomic E-state index is 0.000167. The van der Waals surface area contributed by atoms with Gasteiger partial charge in [0.1, 0.15) is 18.1 Å². The zero-order chi connectivity index (χ0) is 30.4. The van der Waals surface area contributed by atoms with Gasteiger partial charge in [0.05, 0.1) is 32.9 Å². The van der Waals surface area contributed by atoms with Crippen LogP contribution in [0, 0.1) is 6.92 Å². The summed E-state index contributed by atoms with van der Waals surface area (Å²) in [6.07, 6.45) is 0.632. The van der Waals surface area contributed by atoms with Gasteiger partial charge >= 0.3 is 0 Å². The van der Waals surface area contributed by atoms with Crippen molar-refractivity contribution in [1.82, 2.24) is 9.80 Å². The van der Waals surface area contributed by atoms with E-state index >= 15 is 0 Å². The number of ketones is 1. The number of aliphatic hydroxyl groups excluding tert-OH is 1. The van der Waals surface area contributed by atoms with Crippen molar-refractivity contribution in [3.05, 3.63) is 88.5 Å². The Bertz CT molecular complexity index is 1440. The van der Waals surface area contributed by atoms with Crippen molar-refractivity contribution in [3.8, 4) is 23.0 Å². The molecule has 0 aliphatic carbocycles. The molecule has 1 atom stereocenters. The van der Waals surface area contributed by atoms with Gasteiger partial charge in [-0.2, -0.15) is 0 Å². The molecule has 222 valence electrons. The van der Waals surface area contributed by atoms with Crippen LogP contribution in [0.25, 0.3) is 5.76 Å². The lowest BCUT2D eigenvalue weighted by molar-refractivity contribution is -0.139. The van der Waals surface area contributed by atoms with Gasteiger partial charge in [-0.3, -0.25) is 9.59 Å². The number of likely N-dealkylation sites (tertiary alicyclic amines) is 1. The van der Waals surface area contributed by atoms with Gasteiger partial charge in [0.2, 0.25) is 5.75 Å². The van der Waals surface area contributed by atoms with E-state index in [4.69, 9.17) is 18.9 Å². The van der Waals surface area contributed by atoms with Gasteiger partial charge in [0.25, 0.3) is 11.7 Å². The van der Waals surface area contributed by atoms with E-state index in [-0.39, 0.29) is 11.3 Å². The Morgan fingerprint density at radius 3 is 2.17 bits per heavy atom. The van der Waals surface area contributed by atoms with Gasteiger partial charge in [-0.15, -0.1) is 0 Å². The number of aliphatic hydroxyl groups is 1. The number of amides is 1. The van der Waals surface area contributed by atoms with Crippen molar-refractivity contribution in [2.45, 2.75) is 26.0 Å². The summed E-state index contributed by atoms with van der Waals surface area (Å²) in [6, 6.07) is 17.6. The van der Waals surface area contributed by atoms with Crippen LogP contribution in [-0.4, -0.2) is 75.1 Å². The maximum Gasteiger partial charge on any atom is 0.295 e. The number of Topliss-reactive ketones (excluding diaryl/α,β-unsaturated/α-hetero) is 1. The van der Waals surface area contributed by atoms with Gasteiger partial charge in [-0.25, -0.2) is 0 Å². The zero-order valence-electron chi connectivity index (χ0n) is 25.0. The van der Waals surface area contributed by atoms with E-state index in [2.05, 4.69) is 0 Å². The second kappa shape index (κ2) is 13.4. The molecule has 1 saturated heterocycles. The molecule has 1 aliphatic heterocycles. The highest BCUT2D eigenvalue weighted by Crippen LogP contribution is 2.46. The smallest absolute Gasteiger partial charge is 0.295 e. The fourth-order valence-electron chi connectivity index (χ4n) is 5.15. The fourth-order valence-corrected chi connectivity index (χ4v) is 5.15. The average molecular weight is 575 g/mol. The molecule has 0 saturated carbocycles. The number of methoxy groups -OCH3 is 3. The Balaban J connectivity index is 1.78. The predicted octanol–water partition coefficient (Wildman–Crippen LogP) is 4.97. The first-order chi connectivity index (χ1) is 20.2. The molecule has 1 N–H and O–H groups in total. The molecule has 4 rings (SSSR count). The summed E-state index contributed by atoms with van der Waals surface area (Å²) in [5, 5.41) is 11.6. The first-order valence-corrected chi connectivity index (χ1v) is 13.7. The Kier molecular flexibility index (Phi) is 9.75. The summed E-state index contributed by atoms with van der Waals surface area (Å²) in [5.41, 5.74) is 2.71. The van der Waals surface area contributed by atoms with Crippen molar-refractivity contribution in [3.63, 3.8) is 0 Å². The maximum absolute atomic E-state index is 13.5. The number of benzene rings is 3. The molecule has 0 unspecified atom stereocenters. The van der Waals surface area contributed by atoms with E-state index in [1.165, 1.54) is 26.2 Å². The van der Waals surface area contributed by atoms with Crippen molar-refractivity contribution in [2.75, 3.05) is 48.5 Å². The highest BCUT2D eigenvalue weighted by atomic mass is 16.5. The average Bonchev–Trinajstić information content (AvgIpc) is 3.24. The van der Waals surface area contributed by atoms with Crippen LogP contribution in [0.3, 0.4) is 0 Å². The molecule has 1 aliphatic rings. The number of carbonyl (C=O) groups is 2. The number of aryl methyl sites for hydroxylation is 1. The van der Waals surface area contributed by atoms with E-state index in [9.17, 15) is 14.7 Å². The molecule has 9 nitrogen and oxygen atoms in total. The molecule has 42 heavy (non-hydrogen) atoms. The third-order valence-electron chi connectivity index (χ3n) is 7.25. The Morgan fingerprint density at radius 2 is 1.60 bits per heavy atom. The molecule has 9 heteroatoms. The van der Waals surface area contributed by atoms with E-state index in [0.29, 0.717) is 65.8 Å². The normalized spacial score (nSPS) is 16.2. The standard InChI is InChI=1S/C33H38N2O7/c1-21-17-24(42-20-22-11-8-7-9-12-22)13-14-25(21)30(36)28-29(35(33(38)31(28)37)16-10-15-34(2)3)23-18-26(39-4)32(41-6)27(19-23)40-5/h7-9,11-14,17-19,29,36H,10,15-16,20H2,1-6H3/b30-28+/t29-/m0/s1. The van der Waals surface area contributed by atoms with Crippen LogP contribution in [-0.2, 0) is 16.2 Å². The maximum atomic E-state index is 13.5. The zero-order valence-corrected chi connectivity index (χ0v) is 25.0. The summed E-state index contributed by atoms with van der Waals surface area (Å²) in [4.78, 5) is 30.5. The summed E-state index contributed by atoms with van der Waals surface area (Å²) in [5.74, 6) is 0.0841. The van der Waals surface area contributed by atoms with Crippen molar-refractivity contribution in [2.24, 2.45) is 0 Å². The largest absolute Gasteiger partial charge is 0.507 e. The molecule has 0 spiro atoms. The second-order valence-electron chi connectivity index (χ2n) is 10.4. The fraction of sp³-hybridized carbons (Fsp3) is 0.333. The molecular formula is C33H38N2O7. The van der Waals surface area contributed by atoms with E-state index in [0.717, 1.165) is 5.56 Å². The van der Waals surface area contributed by atoms with Crippen LogP contribution >= 0.6 is 0 Å². The third kappa shape index (κ3) is 6.36. The molecular weight excluding hydrogens is 536 g/mol. The summed E-state index contributed by atoms with van der Waals surface area (Å²) >= 11 is 0. The highest BCUT2D eigenvalue weighted by Gasteiger charge is 2.46. The first kappa shape index (κ1) is 30.5. The van der Waals surface area contributed by atoms with Gasteiger partial charge < -0.3 is 33.9 Å². The van der Waals surface area contributed by atoms with Gasteiger partial charge in [-0.05, 0) is 81.0 Å². The lowest BCUT2D eigenvalue weighted by Gasteiger charge is -2.27. The quantitative estimate of drug-likeness (QED) is 0.184. The van der Waals surface area contributed by atoms with Crippen molar-refractivity contribution in [1.29, 1.82) is 0 Å². The molecule has 0 bridgehead atoms. The monoisotopic (exact) mass is 574 g/mol. The van der Waals surface area contributed by atoms with Crippen LogP contribution in [0.1, 0.15) is 34.7 Å². The minimum Gasteiger partial charge on any atom is -0.507 e. The van der Waals surface area contributed by atoms with Crippen LogP contribution in [0.4, 0.5) is 0 Å². The number of ether oxygens (including phenoxy) is 4. The second-order valence-corrected chi connectivity index (χ2v) is 10.4. The van der Waals surface area contributed by atoms with Crippen LogP contribution < -0.4 is 18.9 Å². The topological polar surface area (TPSA) is 97.8 Å². The van der Waals surface area contributed by atoms with Crippen LogP contribution in [0.15, 0.2) is 66.2 Å². The molecule has 3 aromatic rings. The molecule has 1 amide bonds. The minimum atomic E-state index is -0.866. The number of hydrogen-bond acceptors (Lipinski definition) is 8. The summed E-state index contributed by atoms with van der Waals surface area (Å²) in [6.45, 7) is 3.25. The lowest BCUT2D eigenvalue weighted by atomic mass is 9.93. The van der Waals surface area contributed by atoms with E-state index < -0.39 is 17.7 Å². The third-order valence-corrected chi connectivity index (χ3v) is 7.25. The van der Waals surface area contributed by atoms with E-state index in [1.807, 2.05) is 56.3 Å². The highest BCUT2D eigenvalue weighted by molar-refractivity contribution is 6.46. The Hall–Kier alpha value is -4.50. The van der Waals surface area contributed by atoms with Crippen LogP contribution in [0.5, 0.6) is 23.0 Å². The Labute approximate surface area is 246 Å². The predicted molar refractivity (Wildman–Crippen MR) is 160 cm³/mol. The van der Waals surface area contributed by atoms with Gasteiger partial charge in [0, 0.05) is 12.1 Å². The summed E-state index contributed by atoms with van der Waals surface area (Å²) < 4.78 is 22.5. The molecule has 0 aromatic heterocycles. The molecule has 1 heterocycles. The van der Waals surface area contributed by atoms with E-state index in [1.54, 1.807) is 30.3 Å². The number of hydrogen-bond donors (Lipinski definition) is 1. The number of carbonyl (C=O) groups excluding carboxylic acids is 2. The molecule has 3 aromatic carbocycles. The van der Waals surface area contributed by atoms with Crippen molar-refractivity contribution >= 4 is 17.4 Å². The molecule has 1 fully saturated rings. The first-order valence-electron chi connectivity index (χ1n) is 13.7. The summed E-state index contributed by atoms with van der Waals surface area (Å²) in [7, 11) is 8.39. The van der Waals surface area contributed by atoms with Gasteiger partial charge in [-0.1, -0.05) is 30.3 Å². The lowest BCUT2D eigenvalue weighted by Crippen LogP contribution is -2.32. The van der Waals surface area contributed by atoms with Gasteiger partial charge in [0.15, 0.2) is 11.5 Å². The molecule has 0 radical (unpaired) electrons. The number of nitrogens with zero attached hydrogens (tertiary/aromatic N) is 2. The van der Waals surface area contributed by atoms with Crippen molar-refractivity contribution < 1.29 is 33.6 Å². The SMILES string of the molecule is COc1cc([C@H]2/C(=C(\O)c3ccc(OCc4ccccc4)cc3C)C(=O)C(=O)N2CCCN(C)C)cc(OC)c1OC. The number of rotatable bonds is 12.